The van der Waals surface area contributed by atoms with E-state index in [9.17, 15) is 8.42 Å². The molecule has 1 N–H and O–H groups in total. The number of rotatable bonds is 7. The standard InChI is InChI=1S/C13H24N4O3S/c1-3-4-14-5-6-16-11-13(9-15-16)21(18,19)17-7-8-20-12(2)10-17/h9,11-12,14H,3-8,10H2,1-2H3. The predicted octanol–water partition coefficient (Wildman–Crippen LogP) is 0.292. The molecule has 1 aliphatic rings. The highest BCUT2D eigenvalue weighted by atomic mass is 32.2. The van der Waals surface area contributed by atoms with Crippen LogP contribution in [-0.2, 0) is 21.3 Å². The molecule has 0 radical (unpaired) electrons. The van der Waals surface area contributed by atoms with Crippen LogP contribution in [0.1, 0.15) is 20.3 Å². The Morgan fingerprint density at radius 1 is 1.48 bits per heavy atom. The van der Waals surface area contributed by atoms with Crippen LogP contribution in [0.5, 0.6) is 0 Å². The molecule has 21 heavy (non-hydrogen) atoms. The van der Waals surface area contributed by atoms with Crippen molar-refractivity contribution >= 4 is 10.0 Å². The van der Waals surface area contributed by atoms with Crippen molar-refractivity contribution in [2.45, 2.75) is 37.8 Å². The van der Waals surface area contributed by atoms with Gasteiger partial charge in [-0.15, -0.1) is 0 Å². The minimum atomic E-state index is -3.46. The van der Waals surface area contributed by atoms with Crippen molar-refractivity contribution in [3.63, 3.8) is 0 Å². The second-order valence-corrected chi connectivity index (χ2v) is 7.17. The monoisotopic (exact) mass is 316 g/mol. The second kappa shape index (κ2) is 7.35. The fourth-order valence-corrected chi connectivity index (χ4v) is 3.70. The molecule has 2 heterocycles. The van der Waals surface area contributed by atoms with E-state index in [2.05, 4.69) is 17.3 Å². The van der Waals surface area contributed by atoms with Crippen molar-refractivity contribution in [3.05, 3.63) is 12.4 Å². The van der Waals surface area contributed by atoms with Crippen molar-refractivity contribution in [1.82, 2.24) is 19.4 Å². The van der Waals surface area contributed by atoms with Crippen LogP contribution in [0.2, 0.25) is 0 Å². The number of sulfonamides is 1. The molecule has 1 saturated heterocycles. The molecule has 0 amide bonds. The van der Waals surface area contributed by atoms with Gasteiger partial charge in [-0.2, -0.15) is 9.40 Å². The lowest BCUT2D eigenvalue weighted by Crippen LogP contribution is -2.44. The fourth-order valence-electron chi connectivity index (χ4n) is 2.25. The molecule has 7 nitrogen and oxygen atoms in total. The average molecular weight is 316 g/mol. The number of ether oxygens (including phenoxy) is 1. The Balaban J connectivity index is 1.98. The second-order valence-electron chi connectivity index (χ2n) is 5.23. The fraction of sp³-hybridized carbons (Fsp3) is 0.769. The van der Waals surface area contributed by atoms with Crippen LogP contribution in [0.15, 0.2) is 17.3 Å². The molecule has 1 unspecified atom stereocenters. The van der Waals surface area contributed by atoms with Gasteiger partial charge in [0.25, 0.3) is 0 Å². The summed E-state index contributed by atoms with van der Waals surface area (Å²) in [6.45, 7) is 7.62. The third-order valence-electron chi connectivity index (χ3n) is 3.40. The van der Waals surface area contributed by atoms with E-state index in [1.165, 1.54) is 10.5 Å². The number of nitrogens with zero attached hydrogens (tertiary/aromatic N) is 3. The Hall–Kier alpha value is -0.960. The minimum absolute atomic E-state index is 0.0678. The first-order valence-electron chi connectivity index (χ1n) is 7.39. The number of hydrogen-bond donors (Lipinski definition) is 1. The number of nitrogens with one attached hydrogen (secondary N) is 1. The van der Waals surface area contributed by atoms with E-state index in [4.69, 9.17) is 4.74 Å². The summed E-state index contributed by atoms with van der Waals surface area (Å²) in [7, 11) is -3.46. The van der Waals surface area contributed by atoms with Crippen molar-refractivity contribution in [3.8, 4) is 0 Å². The maximum Gasteiger partial charge on any atom is 0.246 e. The van der Waals surface area contributed by atoms with Crippen LogP contribution < -0.4 is 5.32 Å². The summed E-state index contributed by atoms with van der Waals surface area (Å²) in [6.07, 6.45) is 4.04. The highest BCUT2D eigenvalue weighted by Crippen LogP contribution is 2.17. The SMILES string of the molecule is CCCNCCn1cc(S(=O)(=O)N2CCOC(C)C2)cn1. The molecule has 0 aliphatic carbocycles. The van der Waals surface area contributed by atoms with Crippen LogP contribution in [0.25, 0.3) is 0 Å². The summed E-state index contributed by atoms with van der Waals surface area (Å²) in [5.41, 5.74) is 0. The van der Waals surface area contributed by atoms with Crippen LogP contribution in [0, 0.1) is 0 Å². The zero-order valence-electron chi connectivity index (χ0n) is 12.7. The van der Waals surface area contributed by atoms with E-state index in [0.29, 0.717) is 26.2 Å². The summed E-state index contributed by atoms with van der Waals surface area (Å²) >= 11 is 0. The van der Waals surface area contributed by atoms with Gasteiger partial charge in [-0.3, -0.25) is 4.68 Å². The van der Waals surface area contributed by atoms with Crippen LogP contribution in [0.3, 0.4) is 0 Å². The van der Waals surface area contributed by atoms with Crippen LogP contribution >= 0.6 is 0 Å². The third-order valence-corrected chi connectivity index (χ3v) is 5.21. The molecule has 1 aromatic heterocycles. The van der Waals surface area contributed by atoms with Gasteiger partial charge in [0.2, 0.25) is 10.0 Å². The molecule has 1 atom stereocenters. The van der Waals surface area contributed by atoms with Gasteiger partial charge in [0.15, 0.2) is 0 Å². The Morgan fingerprint density at radius 2 is 2.29 bits per heavy atom. The van der Waals surface area contributed by atoms with Gasteiger partial charge in [0, 0.05) is 25.8 Å². The summed E-state index contributed by atoms with van der Waals surface area (Å²) in [5, 5.41) is 7.40. The van der Waals surface area contributed by atoms with Gasteiger partial charge in [-0.05, 0) is 19.9 Å². The molecule has 0 bridgehead atoms. The summed E-state index contributed by atoms with van der Waals surface area (Å²) in [6, 6.07) is 0. The van der Waals surface area contributed by atoms with Gasteiger partial charge in [-0.1, -0.05) is 6.92 Å². The van der Waals surface area contributed by atoms with Gasteiger partial charge < -0.3 is 10.1 Å². The largest absolute Gasteiger partial charge is 0.376 e. The summed E-state index contributed by atoms with van der Waals surface area (Å²) in [5.74, 6) is 0. The van der Waals surface area contributed by atoms with E-state index in [1.54, 1.807) is 10.9 Å². The minimum Gasteiger partial charge on any atom is -0.376 e. The molecule has 0 spiro atoms. The molecule has 1 fully saturated rings. The maximum atomic E-state index is 12.5. The Kier molecular flexibility index (Phi) is 5.74. The zero-order chi connectivity index (χ0) is 15.3. The van der Waals surface area contributed by atoms with E-state index in [-0.39, 0.29) is 11.0 Å². The van der Waals surface area contributed by atoms with Gasteiger partial charge >= 0.3 is 0 Å². The van der Waals surface area contributed by atoms with Crippen LogP contribution in [0.4, 0.5) is 0 Å². The highest BCUT2D eigenvalue weighted by Gasteiger charge is 2.30. The van der Waals surface area contributed by atoms with Crippen molar-refractivity contribution in [2.24, 2.45) is 0 Å². The number of hydrogen-bond acceptors (Lipinski definition) is 5. The predicted molar refractivity (Wildman–Crippen MR) is 79.6 cm³/mol. The lowest BCUT2D eigenvalue weighted by atomic mass is 10.3. The average Bonchev–Trinajstić information content (AvgIpc) is 2.93. The third kappa shape index (κ3) is 4.26. The molecule has 1 aliphatic heterocycles. The molecular weight excluding hydrogens is 292 g/mol. The highest BCUT2D eigenvalue weighted by molar-refractivity contribution is 7.89. The van der Waals surface area contributed by atoms with E-state index >= 15 is 0 Å². The molecule has 0 saturated carbocycles. The Labute approximate surface area is 126 Å². The Morgan fingerprint density at radius 3 is 3.00 bits per heavy atom. The van der Waals surface area contributed by atoms with Gasteiger partial charge in [0.1, 0.15) is 4.90 Å². The maximum absolute atomic E-state index is 12.5. The lowest BCUT2D eigenvalue weighted by Gasteiger charge is -2.29. The summed E-state index contributed by atoms with van der Waals surface area (Å²) in [4.78, 5) is 0.257. The van der Waals surface area contributed by atoms with Gasteiger partial charge in [0.05, 0.1) is 25.5 Å². The van der Waals surface area contributed by atoms with Gasteiger partial charge in [-0.25, -0.2) is 8.42 Å². The zero-order valence-corrected chi connectivity index (χ0v) is 13.5. The van der Waals surface area contributed by atoms with E-state index in [1.807, 2.05) is 6.92 Å². The van der Waals surface area contributed by atoms with Crippen molar-refractivity contribution in [2.75, 3.05) is 32.8 Å². The molecule has 8 heteroatoms. The smallest absolute Gasteiger partial charge is 0.246 e. The topological polar surface area (TPSA) is 76.5 Å². The number of aromatic nitrogens is 2. The first-order valence-corrected chi connectivity index (χ1v) is 8.83. The van der Waals surface area contributed by atoms with Crippen LogP contribution in [-0.4, -0.2) is 61.4 Å². The van der Waals surface area contributed by atoms with E-state index in [0.717, 1.165) is 19.5 Å². The quantitative estimate of drug-likeness (QED) is 0.732. The normalized spacial score (nSPS) is 20.8. The first kappa shape index (κ1) is 16.4. The Bertz CT molecular complexity index is 543. The van der Waals surface area contributed by atoms with E-state index < -0.39 is 10.0 Å². The summed E-state index contributed by atoms with van der Waals surface area (Å²) < 4.78 is 33.6. The van der Waals surface area contributed by atoms with Crippen molar-refractivity contribution < 1.29 is 13.2 Å². The first-order chi connectivity index (χ1) is 10.0. The lowest BCUT2D eigenvalue weighted by molar-refractivity contribution is 0.0102. The molecule has 0 aromatic carbocycles. The molecular formula is C13H24N4O3S. The van der Waals surface area contributed by atoms with Crippen molar-refractivity contribution in [1.29, 1.82) is 0 Å². The molecule has 120 valence electrons. The molecule has 2 rings (SSSR count). The number of morpholine rings is 1. The molecule has 1 aromatic rings.